The summed E-state index contributed by atoms with van der Waals surface area (Å²) in [6.07, 6.45) is 4.55. The number of rotatable bonds is 4. The van der Waals surface area contributed by atoms with Gasteiger partial charge >= 0.3 is 0 Å². The van der Waals surface area contributed by atoms with Crippen molar-refractivity contribution < 1.29 is 5.11 Å². The summed E-state index contributed by atoms with van der Waals surface area (Å²) in [6, 6.07) is 8.28. The Balaban J connectivity index is 1.95. The molecule has 1 atom stereocenters. The van der Waals surface area contributed by atoms with Gasteiger partial charge in [0.2, 0.25) is 0 Å². The topological polar surface area (TPSA) is 38.1 Å². The molecule has 3 heteroatoms. The molecule has 0 aliphatic heterocycles. The van der Waals surface area contributed by atoms with Gasteiger partial charge in [0.15, 0.2) is 0 Å². The van der Waals surface area contributed by atoms with Crippen LogP contribution in [-0.2, 0) is 19.9 Å². The smallest absolute Gasteiger partial charge is 0.110 e. The molecule has 3 nitrogen and oxygen atoms in total. The highest BCUT2D eigenvalue weighted by molar-refractivity contribution is 5.22. The number of nitrogens with zero attached hydrogens (tertiary/aromatic N) is 2. The van der Waals surface area contributed by atoms with Crippen molar-refractivity contribution >= 4 is 0 Å². The average Bonchev–Trinajstić information content (AvgIpc) is 2.68. The van der Waals surface area contributed by atoms with Crippen LogP contribution in [0.15, 0.2) is 36.7 Å². The molecule has 0 spiro atoms. The van der Waals surface area contributed by atoms with E-state index in [0.717, 1.165) is 11.4 Å². The highest BCUT2D eigenvalue weighted by atomic mass is 16.3. The van der Waals surface area contributed by atoms with Gasteiger partial charge in [-0.2, -0.15) is 0 Å². The van der Waals surface area contributed by atoms with Crippen LogP contribution in [0.4, 0.5) is 0 Å². The maximum absolute atomic E-state index is 10.0. The molecule has 0 fully saturated rings. The SMILES string of the molecule is Cc1ccc(CC(O)Cc2nccn2C)cc1. The van der Waals surface area contributed by atoms with Gasteiger partial charge in [-0.1, -0.05) is 29.8 Å². The molecule has 90 valence electrons. The second kappa shape index (κ2) is 5.15. The lowest BCUT2D eigenvalue weighted by Crippen LogP contribution is -2.16. The van der Waals surface area contributed by atoms with Crippen molar-refractivity contribution in [3.8, 4) is 0 Å². The zero-order valence-electron chi connectivity index (χ0n) is 10.3. The van der Waals surface area contributed by atoms with Gasteiger partial charge in [-0.25, -0.2) is 4.98 Å². The van der Waals surface area contributed by atoms with E-state index in [1.54, 1.807) is 6.20 Å². The molecule has 0 amide bonds. The van der Waals surface area contributed by atoms with E-state index in [0.29, 0.717) is 12.8 Å². The Labute approximate surface area is 102 Å². The van der Waals surface area contributed by atoms with Crippen molar-refractivity contribution in [1.29, 1.82) is 0 Å². The number of hydrogen-bond donors (Lipinski definition) is 1. The van der Waals surface area contributed by atoms with E-state index in [1.807, 2.05) is 17.8 Å². The molecule has 1 aromatic heterocycles. The maximum atomic E-state index is 10.0. The van der Waals surface area contributed by atoms with Crippen molar-refractivity contribution in [2.24, 2.45) is 7.05 Å². The van der Waals surface area contributed by atoms with Crippen LogP contribution in [0.5, 0.6) is 0 Å². The van der Waals surface area contributed by atoms with Crippen LogP contribution in [0.1, 0.15) is 17.0 Å². The normalized spacial score (nSPS) is 12.6. The minimum atomic E-state index is -0.376. The Morgan fingerprint density at radius 2 is 1.94 bits per heavy atom. The standard InChI is InChI=1S/C14H18N2O/c1-11-3-5-12(6-4-11)9-13(17)10-14-15-7-8-16(14)2/h3-8,13,17H,9-10H2,1-2H3. The summed E-state index contributed by atoms with van der Waals surface area (Å²) in [6.45, 7) is 2.06. The van der Waals surface area contributed by atoms with E-state index in [2.05, 4.69) is 36.2 Å². The molecule has 0 saturated carbocycles. The van der Waals surface area contributed by atoms with E-state index in [9.17, 15) is 5.11 Å². The summed E-state index contributed by atoms with van der Waals surface area (Å²) in [7, 11) is 1.95. The van der Waals surface area contributed by atoms with Gasteiger partial charge in [0, 0.05) is 25.9 Å². The van der Waals surface area contributed by atoms with Crippen molar-refractivity contribution in [2.45, 2.75) is 25.9 Å². The molecule has 1 heterocycles. The third-order valence-corrected chi connectivity index (χ3v) is 2.93. The first kappa shape index (κ1) is 11.9. The van der Waals surface area contributed by atoms with Crippen LogP contribution in [0, 0.1) is 6.92 Å². The summed E-state index contributed by atoms with van der Waals surface area (Å²) in [4.78, 5) is 4.21. The third-order valence-electron chi connectivity index (χ3n) is 2.93. The van der Waals surface area contributed by atoms with E-state index >= 15 is 0 Å². The molecule has 0 radical (unpaired) electrons. The number of aryl methyl sites for hydroxylation is 2. The molecular weight excluding hydrogens is 212 g/mol. The van der Waals surface area contributed by atoms with Gasteiger partial charge in [-0.05, 0) is 18.9 Å². The zero-order valence-corrected chi connectivity index (χ0v) is 10.3. The van der Waals surface area contributed by atoms with E-state index < -0.39 is 0 Å². The lowest BCUT2D eigenvalue weighted by atomic mass is 10.0. The van der Waals surface area contributed by atoms with Crippen LogP contribution < -0.4 is 0 Å². The van der Waals surface area contributed by atoms with Crippen molar-refractivity contribution in [2.75, 3.05) is 0 Å². The Hall–Kier alpha value is -1.61. The van der Waals surface area contributed by atoms with Crippen molar-refractivity contribution in [3.63, 3.8) is 0 Å². The van der Waals surface area contributed by atoms with Crippen molar-refractivity contribution in [1.82, 2.24) is 9.55 Å². The third kappa shape index (κ3) is 3.17. The maximum Gasteiger partial charge on any atom is 0.110 e. The molecule has 2 rings (SSSR count). The number of imidazole rings is 1. The largest absolute Gasteiger partial charge is 0.392 e. The molecule has 0 aliphatic carbocycles. The molecule has 2 aromatic rings. The highest BCUT2D eigenvalue weighted by Gasteiger charge is 2.09. The molecule has 1 aromatic carbocycles. The zero-order chi connectivity index (χ0) is 12.3. The summed E-state index contributed by atoms with van der Waals surface area (Å²) in [5.74, 6) is 0.921. The summed E-state index contributed by atoms with van der Waals surface area (Å²) in [5, 5.41) is 10.0. The fourth-order valence-corrected chi connectivity index (χ4v) is 1.87. The summed E-state index contributed by atoms with van der Waals surface area (Å²) in [5.41, 5.74) is 2.41. The molecule has 0 bridgehead atoms. The minimum Gasteiger partial charge on any atom is -0.392 e. The van der Waals surface area contributed by atoms with Gasteiger partial charge in [0.05, 0.1) is 6.10 Å². The van der Waals surface area contributed by atoms with Crippen LogP contribution in [-0.4, -0.2) is 20.8 Å². The predicted octanol–water partition coefficient (Wildman–Crippen LogP) is 1.87. The fourth-order valence-electron chi connectivity index (χ4n) is 1.87. The van der Waals surface area contributed by atoms with Gasteiger partial charge in [0.1, 0.15) is 5.82 Å². The monoisotopic (exact) mass is 230 g/mol. The van der Waals surface area contributed by atoms with Gasteiger partial charge < -0.3 is 9.67 Å². The first-order valence-electron chi connectivity index (χ1n) is 5.85. The second-order valence-corrected chi connectivity index (χ2v) is 4.50. The van der Waals surface area contributed by atoms with E-state index in [1.165, 1.54) is 5.56 Å². The number of aliphatic hydroxyl groups excluding tert-OH is 1. The average molecular weight is 230 g/mol. The van der Waals surface area contributed by atoms with Crippen LogP contribution in [0.2, 0.25) is 0 Å². The molecule has 0 aliphatic rings. The minimum absolute atomic E-state index is 0.376. The number of benzene rings is 1. The lowest BCUT2D eigenvalue weighted by molar-refractivity contribution is 0.172. The molecular formula is C14H18N2O. The molecule has 1 N–H and O–H groups in total. The Morgan fingerprint density at radius 1 is 1.24 bits per heavy atom. The van der Waals surface area contributed by atoms with Gasteiger partial charge in [-0.15, -0.1) is 0 Å². The quantitative estimate of drug-likeness (QED) is 0.870. The highest BCUT2D eigenvalue weighted by Crippen LogP contribution is 2.09. The Bertz CT molecular complexity index is 473. The summed E-state index contributed by atoms with van der Waals surface area (Å²) < 4.78 is 1.94. The van der Waals surface area contributed by atoms with Crippen LogP contribution >= 0.6 is 0 Å². The predicted molar refractivity (Wildman–Crippen MR) is 67.8 cm³/mol. The summed E-state index contributed by atoms with van der Waals surface area (Å²) >= 11 is 0. The second-order valence-electron chi connectivity index (χ2n) is 4.50. The van der Waals surface area contributed by atoms with Crippen molar-refractivity contribution in [3.05, 3.63) is 53.6 Å². The van der Waals surface area contributed by atoms with Gasteiger partial charge in [-0.3, -0.25) is 0 Å². The molecule has 1 unspecified atom stereocenters. The van der Waals surface area contributed by atoms with Crippen LogP contribution in [0.3, 0.4) is 0 Å². The Kier molecular flexibility index (Phi) is 3.59. The lowest BCUT2D eigenvalue weighted by Gasteiger charge is -2.10. The van der Waals surface area contributed by atoms with E-state index in [4.69, 9.17) is 0 Å². The first-order valence-corrected chi connectivity index (χ1v) is 5.85. The number of hydrogen-bond acceptors (Lipinski definition) is 2. The molecule has 0 saturated heterocycles. The van der Waals surface area contributed by atoms with Crippen LogP contribution in [0.25, 0.3) is 0 Å². The molecule has 17 heavy (non-hydrogen) atoms. The van der Waals surface area contributed by atoms with E-state index in [-0.39, 0.29) is 6.10 Å². The fraction of sp³-hybridized carbons (Fsp3) is 0.357. The number of aliphatic hydroxyl groups is 1. The Morgan fingerprint density at radius 3 is 2.53 bits per heavy atom. The number of aromatic nitrogens is 2. The van der Waals surface area contributed by atoms with Gasteiger partial charge in [0.25, 0.3) is 0 Å². The first-order chi connectivity index (χ1) is 8.15.